The maximum Gasteiger partial charge on any atom is 0.431 e. The van der Waals surface area contributed by atoms with Crippen molar-refractivity contribution < 1.29 is 23.8 Å². The van der Waals surface area contributed by atoms with Crippen molar-refractivity contribution in [2.24, 2.45) is 0 Å². The lowest BCUT2D eigenvalue weighted by Gasteiger charge is -2.47. The fourth-order valence-electron chi connectivity index (χ4n) is 2.92. The highest BCUT2D eigenvalue weighted by molar-refractivity contribution is 5.76. The Labute approximate surface area is 167 Å². The summed E-state index contributed by atoms with van der Waals surface area (Å²) in [5.74, 6) is 0. The number of amides is 2. The van der Waals surface area contributed by atoms with Crippen LogP contribution in [0.2, 0.25) is 0 Å². The third-order valence-corrected chi connectivity index (χ3v) is 4.07. The van der Waals surface area contributed by atoms with Gasteiger partial charge in [0.1, 0.15) is 17.4 Å². The summed E-state index contributed by atoms with van der Waals surface area (Å²) in [4.78, 5) is 28.1. The van der Waals surface area contributed by atoms with E-state index in [0.29, 0.717) is 26.3 Å². The first kappa shape index (κ1) is 22.2. The predicted octanol–water partition coefficient (Wildman–Crippen LogP) is 3.16. The maximum absolute atomic E-state index is 13.1. The van der Waals surface area contributed by atoms with Crippen LogP contribution < -0.4 is 0 Å². The molecule has 2 aliphatic rings. The molecule has 2 rings (SSSR count). The average molecular weight is 396 g/mol. The molecule has 0 saturated carbocycles. The molecule has 0 N–H and O–H groups in total. The molecular formula is C20H33N3O5. The van der Waals surface area contributed by atoms with Gasteiger partial charge in [-0.1, -0.05) is 12.7 Å². The summed E-state index contributed by atoms with van der Waals surface area (Å²) in [5.41, 5.74) is -0.558. The molecule has 0 spiro atoms. The van der Waals surface area contributed by atoms with E-state index in [1.807, 2.05) is 6.08 Å². The average Bonchev–Trinajstić information content (AvgIpc) is 2.58. The number of hydrazine groups is 1. The quantitative estimate of drug-likeness (QED) is 0.715. The first-order valence-electron chi connectivity index (χ1n) is 9.59. The molecule has 0 unspecified atom stereocenters. The topological polar surface area (TPSA) is 71.6 Å². The minimum atomic E-state index is -0.700. The van der Waals surface area contributed by atoms with Gasteiger partial charge >= 0.3 is 12.2 Å². The Balaban J connectivity index is 2.41. The van der Waals surface area contributed by atoms with Crippen molar-refractivity contribution in [1.29, 1.82) is 0 Å². The van der Waals surface area contributed by atoms with Crippen molar-refractivity contribution in [3.05, 3.63) is 24.3 Å². The summed E-state index contributed by atoms with van der Waals surface area (Å²) in [5, 5.41) is 2.65. The van der Waals surface area contributed by atoms with Crippen molar-refractivity contribution in [2.75, 3.05) is 32.8 Å². The second-order valence-electron chi connectivity index (χ2n) is 8.87. The lowest BCUT2D eigenvalue weighted by molar-refractivity contribution is -0.112. The Morgan fingerprint density at radius 3 is 2.11 bits per heavy atom. The molecule has 158 valence electrons. The van der Waals surface area contributed by atoms with E-state index in [0.717, 1.165) is 5.57 Å². The molecule has 28 heavy (non-hydrogen) atoms. The number of carbonyl (C=O) groups is 2. The SMILES string of the molecule is C=CC1=C[C@@H](N2CCOCC2)N(C(=O)OC(C)(C)C)N(C(=O)OC(C)(C)C)C1. The highest BCUT2D eigenvalue weighted by atomic mass is 16.6. The van der Waals surface area contributed by atoms with Gasteiger partial charge < -0.3 is 14.2 Å². The van der Waals surface area contributed by atoms with Crippen molar-refractivity contribution in [2.45, 2.75) is 58.9 Å². The van der Waals surface area contributed by atoms with Gasteiger partial charge in [-0.15, -0.1) is 0 Å². The van der Waals surface area contributed by atoms with E-state index in [1.165, 1.54) is 10.0 Å². The number of ether oxygens (including phenoxy) is 3. The van der Waals surface area contributed by atoms with Gasteiger partial charge in [0.05, 0.1) is 19.8 Å². The van der Waals surface area contributed by atoms with Crippen LogP contribution in [0.5, 0.6) is 0 Å². The normalized spacial score (nSPS) is 21.8. The second kappa shape index (κ2) is 8.53. The smallest absolute Gasteiger partial charge is 0.431 e. The molecule has 0 aromatic carbocycles. The van der Waals surface area contributed by atoms with Crippen LogP contribution in [0.1, 0.15) is 41.5 Å². The fourth-order valence-corrected chi connectivity index (χ4v) is 2.92. The van der Waals surface area contributed by atoms with Crippen LogP contribution in [0, 0.1) is 0 Å². The molecule has 2 amide bonds. The zero-order chi connectivity index (χ0) is 21.1. The van der Waals surface area contributed by atoms with Crippen molar-refractivity contribution in [3.8, 4) is 0 Å². The molecule has 1 saturated heterocycles. The number of nitrogens with zero attached hydrogens (tertiary/aromatic N) is 3. The fraction of sp³-hybridized carbons (Fsp3) is 0.700. The molecular weight excluding hydrogens is 362 g/mol. The summed E-state index contributed by atoms with van der Waals surface area (Å²) in [7, 11) is 0. The van der Waals surface area contributed by atoms with Crippen LogP contribution in [0.25, 0.3) is 0 Å². The zero-order valence-corrected chi connectivity index (χ0v) is 17.9. The Bertz CT molecular complexity index is 627. The van der Waals surface area contributed by atoms with Gasteiger partial charge in [0.2, 0.25) is 0 Å². The second-order valence-corrected chi connectivity index (χ2v) is 8.87. The van der Waals surface area contributed by atoms with E-state index in [9.17, 15) is 9.59 Å². The first-order chi connectivity index (χ1) is 12.9. The molecule has 8 nitrogen and oxygen atoms in total. The van der Waals surface area contributed by atoms with E-state index >= 15 is 0 Å². The number of hydrogen-bond donors (Lipinski definition) is 0. The van der Waals surface area contributed by atoms with Crippen molar-refractivity contribution >= 4 is 12.2 Å². The standard InChI is InChI=1S/C20H33N3O5/c1-8-15-13-16(21-9-11-26-12-10-21)23(18(25)28-20(5,6)7)22(14-15)17(24)27-19(2,3)4/h8,13,16H,1,9-12,14H2,2-7H3/t16-/m0/s1. The summed E-state index contributed by atoms with van der Waals surface area (Å²) in [6.45, 7) is 17.1. The first-order valence-corrected chi connectivity index (χ1v) is 9.59. The number of hydrogen-bond acceptors (Lipinski definition) is 6. The molecule has 1 fully saturated rings. The van der Waals surface area contributed by atoms with Crippen LogP contribution >= 0.6 is 0 Å². The largest absolute Gasteiger partial charge is 0.442 e. The Hall–Kier alpha value is -2.06. The van der Waals surface area contributed by atoms with Gasteiger partial charge in [0.15, 0.2) is 0 Å². The summed E-state index contributed by atoms with van der Waals surface area (Å²) >= 11 is 0. The van der Waals surface area contributed by atoms with Gasteiger partial charge in [-0.2, -0.15) is 5.01 Å². The number of morpholine rings is 1. The Morgan fingerprint density at radius 2 is 1.61 bits per heavy atom. The van der Waals surface area contributed by atoms with Gasteiger partial charge in [0.25, 0.3) is 0 Å². The van der Waals surface area contributed by atoms with E-state index in [1.54, 1.807) is 47.6 Å². The van der Waals surface area contributed by atoms with E-state index in [-0.39, 0.29) is 6.54 Å². The van der Waals surface area contributed by atoms with Gasteiger partial charge in [-0.3, -0.25) is 4.90 Å². The monoisotopic (exact) mass is 395 g/mol. The van der Waals surface area contributed by atoms with Crippen LogP contribution in [0.3, 0.4) is 0 Å². The highest BCUT2D eigenvalue weighted by Gasteiger charge is 2.42. The van der Waals surface area contributed by atoms with Crippen LogP contribution in [0.15, 0.2) is 24.3 Å². The molecule has 0 radical (unpaired) electrons. The molecule has 0 aliphatic carbocycles. The highest BCUT2D eigenvalue weighted by Crippen LogP contribution is 2.26. The van der Waals surface area contributed by atoms with Gasteiger partial charge in [0, 0.05) is 13.1 Å². The van der Waals surface area contributed by atoms with Gasteiger partial charge in [-0.05, 0) is 53.2 Å². The Kier molecular flexibility index (Phi) is 6.77. The van der Waals surface area contributed by atoms with Crippen LogP contribution in [0.4, 0.5) is 9.59 Å². The van der Waals surface area contributed by atoms with Crippen LogP contribution in [-0.2, 0) is 14.2 Å². The zero-order valence-electron chi connectivity index (χ0n) is 17.9. The van der Waals surface area contributed by atoms with Crippen molar-refractivity contribution in [3.63, 3.8) is 0 Å². The minimum absolute atomic E-state index is 0.179. The molecule has 2 heterocycles. The molecule has 8 heteroatoms. The van der Waals surface area contributed by atoms with Crippen LogP contribution in [-0.4, -0.2) is 77.3 Å². The molecule has 2 aliphatic heterocycles. The molecule has 0 bridgehead atoms. The Morgan fingerprint density at radius 1 is 1.07 bits per heavy atom. The van der Waals surface area contributed by atoms with E-state index in [4.69, 9.17) is 14.2 Å². The maximum atomic E-state index is 13.1. The summed E-state index contributed by atoms with van der Waals surface area (Å²) in [6, 6.07) is 0. The number of carbonyl (C=O) groups excluding carboxylic acids is 2. The van der Waals surface area contributed by atoms with Gasteiger partial charge in [-0.25, -0.2) is 14.6 Å². The summed E-state index contributed by atoms with van der Waals surface area (Å²) < 4.78 is 16.6. The molecule has 0 aromatic heterocycles. The third kappa shape index (κ3) is 5.97. The molecule has 0 aromatic rings. The van der Waals surface area contributed by atoms with Crippen molar-refractivity contribution in [1.82, 2.24) is 14.9 Å². The summed E-state index contributed by atoms with van der Waals surface area (Å²) in [6.07, 6.45) is 1.92. The molecule has 1 atom stereocenters. The third-order valence-electron chi connectivity index (χ3n) is 4.07. The van der Waals surface area contributed by atoms with E-state index in [2.05, 4.69) is 11.5 Å². The lowest BCUT2D eigenvalue weighted by Crippen LogP contribution is -2.64. The lowest BCUT2D eigenvalue weighted by atomic mass is 10.1. The minimum Gasteiger partial charge on any atom is -0.442 e. The van der Waals surface area contributed by atoms with E-state index < -0.39 is 29.6 Å². The number of rotatable bonds is 2. The predicted molar refractivity (Wildman–Crippen MR) is 105 cm³/mol.